The van der Waals surface area contributed by atoms with E-state index in [2.05, 4.69) is 30.5 Å². The summed E-state index contributed by atoms with van der Waals surface area (Å²) in [7, 11) is 1.94. The quantitative estimate of drug-likeness (QED) is 0.418. The molecule has 3 heterocycles. The van der Waals surface area contributed by atoms with Gasteiger partial charge in [-0.1, -0.05) is 0 Å². The SMILES string of the molecule is CN1CCN(c2cc(F)c(-c3cnc(NC4CC4)nc3)cc2NC(=O)c2c[nH]c(=O)cc2C(F)(F)F)CC1. The molecule has 0 bridgehead atoms. The summed E-state index contributed by atoms with van der Waals surface area (Å²) in [6.45, 7) is 2.40. The molecular formula is C25H25F4N7O2. The minimum atomic E-state index is -4.93. The summed E-state index contributed by atoms with van der Waals surface area (Å²) >= 11 is 0. The lowest BCUT2D eigenvalue weighted by Gasteiger charge is -2.35. The summed E-state index contributed by atoms with van der Waals surface area (Å²) in [5, 5.41) is 5.66. The number of anilines is 3. The molecule has 3 N–H and O–H groups in total. The molecule has 5 rings (SSSR count). The number of carbonyl (C=O) groups excluding carboxylic acids is 1. The van der Waals surface area contributed by atoms with Gasteiger partial charge in [-0.05, 0) is 32.0 Å². The topological polar surface area (TPSA) is 106 Å². The van der Waals surface area contributed by atoms with Gasteiger partial charge in [-0.15, -0.1) is 0 Å². The summed E-state index contributed by atoms with van der Waals surface area (Å²) in [5.74, 6) is -1.28. The number of likely N-dealkylation sites (N-methyl/N-ethyl adjacent to an activating group) is 1. The number of halogens is 4. The summed E-state index contributed by atoms with van der Waals surface area (Å²) in [6, 6.07) is 3.29. The van der Waals surface area contributed by atoms with Crippen molar-refractivity contribution >= 4 is 23.2 Å². The molecule has 0 unspecified atom stereocenters. The second kappa shape index (κ2) is 10.0. The van der Waals surface area contributed by atoms with Gasteiger partial charge >= 0.3 is 6.18 Å². The van der Waals surface area contributed by atoms with Gasteiger partial charge in [0.2, 0.25) is 11.5 Å². The molecule has 1 aliphatic heterocycles. The van der Waals surface area contributed by atoms with Gasteiger partial charge in [-0.2, -0.15) is 13.2 Å². The molecule has 9 nitrogen and oxygen atoms in total. The number of nitrogens with zero attached hydrogens (tertiary/aromatic N) is 4. The van der Waals surface area contributed by atoms with Gasteiger partial charge < -0.3 is 25.4 Å². The molecule has 1 aliphatic carbocycles. The van der Waals surface area contributed by atoms with Crippen molar-refractivity contribution in [3.8, 4) is 11.1 Å². The van der Waals surface area contributed by atoms with E-state index in [-0.39, 0.29) is 11.3 Å². The van der Waals surface area contributed by atoms with Gasteiger partial charge in [0.25, 0.3) is 5.91 Å². The average molecular weight is 532 g/mol. The lowest BCUT2D eigenvalue weighted by Crippen LogP contribution is -2.44. The van der Waals surface area contributed by atoms with Crippen molar-refractivity contribution < 1.29 is 22.4 Å². The third-order valence-electron chi connectivity index (χ3n) is 6.53. The molecule has 3 aromatic rings. The monoisotopic (exact) mass is 531 g/mol. The Hall–Kier alpha value is -4.00. The number of piperazine rings is 1. The maximum Gasteiger partial charge on any atom is 0.417 e. The van der Waals surface area contributed by atoms with Crippen LogP contribution in [0.4, 0.5) is 34.9 Å². The Balaban J connectivity index is 1.52. The molecule has 0 atom stereocenters. The fourth-order valence-corrected chi connectivity index (χ4v) is 4.23. The Morgan fingerprint density at radius 2 is 1.76 bits per heavy atom. The van der Waals surface area contributed by atoms with Crippen molar-refractivity contribution in [3.05, 3.63) is 64.1 Å². The van der Waals surface area contributed by atoms with E-state index in [1.165, 1.54) is 24.5 Å². The first kappa shape index (κ1) is 25.6. The third-order valence-corrected chi connectivity index (χ3v) is 6.53. The van der Waals surface area contributed by atoms with E-state index in [4.69, 9.17) is 0 Å². The number of hydrogen-bond acceptors (Lipinski definition) is 7. The number of carbonyl (C=O) groups is 1. The number of rotatable bonds is 6. The smallest absolute Gasteiger partial charge is 0.367 e. The number of alkyl halides is 3. The number of amides is 1. The van der Waals surface area contributed by atoms with E-state index >= 15 is 4.39 Å². The number of aromatic amines is 1. The largest absolute Gasteiger partial charge is 0.417 e. The van der Waals surface area contributed by atoms with Gasteiger partial charge in [0, 0.05) is 68.0 Å². The van der Waals surface area contributed by atoms with Crippen LogP contribution in [-0.2, 0) is 6.18 Å². The van der Waals surface area contributed by atoms with E-state index in [0.29, 0.717) is 55.5 Å². The highest BCUT2D eigenvalue weighted by atomic mass is 19.4. The van der Waals surface area contributed by atoms with Crippen LogP contribution in [0.15, 0.2) is 41.6 Å². The normalized spacial score (nSPS) is 16.4. The van der Waals surface area contributed by atoms with Crippen molar-refractivity contribution in [2.45, 2.75) is 25.1 Å². The molecule has 1 saturated heterocycles. The Morgan fingerprint density at radius 1 is 1.08 bits per heavy atom. The molecular weight excluding hydrogens is 506 g/mol. The standard InChI is InChI=1S/C25H25F4N7O2/c1-35-4-6-36(7-5-35)21-10-19(26)16(14-11-31-24(32-12-14)33-15-2-3-15)8-20(21)34-23(38)17-13-30-22(37)9-18(17)25(27,28)29/h8-13,15H,2-7H2,1H3,(H,30,37)(H,34,38)(H,31,32,33). The number of aromatic nitrogens is 3. The van der Waals surface area contributed by atoms with Crippen LogP contribution in [0, 0.1) is 5.82 Å². The maximum absolute atomic E-state index is 15.4. The zero-order chi connectivity index (χ0) is 27.0. The predicted octanol–water partition coefficient (Wildman–Crippen LogP) is 3.57. The zero-order valence-corrected chi connectivity index (χ0v) is 20.4. The lowest BCUT2D eigenvalue weighted by molar-refractivity contribution is -0.138. The number of benzene rings is 1. The number of nitrogens with one attached hydrogen (secondary N) is 3. The predicted molar refractivity (Wildman–Crippen MR) is 134 cm³/mol. The van der Waals surface area contributed by atoms with E-state index in [1.807, 2.05) is 11.9 Å². The lowest BCUT2D eigenvalue weighted by atomic mass is 10.0. The fraction of sp³-hybridized carbons (Fsp3) is 0.360. The minimum Gasteiger partial charge on any atom is -0.367 e. The minimum absolute atomic E-state index is 0.0775. The summed E-state index contributed by atoms with van der Waals surface area (Å²) in [5.41, 5.74) is -2.25. The molecule has 38 heavy (non-hydrogen) atoms. The fourth-order valence-electron chi connectivity index (χ4n) is 4.23. The Bertz CT molecular complexity index is 1400. The Labute approximate surface area is 214 Å². The van der Waals surface area contributed by atoms with Gasteiger partial charge in [-0.25, -0.2) is 14.4 Å². The van der Waals surface area contributed by atoms with Crippen molar-refractivity contribution in [1.82, 2.24) is 19.9 Å². The highest BCUT2D eigenvalue weighted by Crippen LogP contribution is 2.36. The van der Waals surface area contributed by atoms with Crippen LogP contribution in [0.25, 0.3) is 11.1 Å². The van der Waals surface area contributed by atoms with Crippen LogP contribution in [0.2, 0.25) is 0 Å². The van der Waals surface area contributed by atoms with E-state index < -0.39 is 34.6 Å². The molecule has 1 amide bonds. The highest BCUT2D eigenvalue weighted by Gasteiger charge is 2.36. The summed E-state index contributed by atoms with van der Waals surface area (Å²) in [4.78, 5) is 39.1. The number of hydrogen-bond donors (Lipinski definition) is 3. The van der Waals surface area contributed by atoms with Crippen molar-refractivity contribution in [1.29, 1.82) is 0 Å². The molecule has 2 aromatic heterocycles. The van der Waals surface area contributed by atoms with Crippen LogP contribution >= 0.6 is 0 Å². The molecule has 13 heteroatoms. The van der Waals surface area contributed by atoms with Crippen LogP contribution in [0.1, 0.15) is 28.8 Å². The maximum atomic E-state index is 15.4. The highest BCUT2D eigenvalue weighted by molar-refractivity contribution is 6.07. The van der Waals surface area contributed by atoms with E-state index in [1.54, 1.807) is 0 Å². The van der Waals surface area contributed by atoms with E-state index in [0.717, 1.165) is 19.0 Å². The average Bonchev–Trinajstić information content (AvgIpc) is 3.69. The van der Waals surface area contributed by atoms with Gasteiger partial charge in [0.1, 0.15) is 5.82 Å². The Morgan fingerprint density at radius 3 is 2.39 bits per heavy atom. The van der Waals surface area contributed by atoms with Gasteiger partial charge in [-0.3, -0.25) is 9.59 Å². The zero-order valence-electron chi connectivity index (χ0n) is 20.4. The molecule has 200 valence electrons. The first-order valence-corrected chi connectivity index (χ1v) is 12.1. The molecule has 2 fully saturated rings. The van der Waals surface area contributed by atoms with Crippen molar-refractivity contribution in [3.63, 3.8) is 0 Å². The summed E-state index contributed by atoms with van der Waals surface area (Å²) < 4.78 is 56.1. The third kappa shape index (κ3) is 5.62. The van der Waals surface area contributed by atoms with Gasteiger partial charge in [0.05, 0.1) is 22.5 Å². The molecule has 0 spiro atoms. The molecule has 0 radical (unpaired) electrons. The van der Waals surface area contributed by atoms with Crippen molar-refractivity contribution in [2.75, 3.05) is 48.8 Å². The van der Waals surface area contributed by atoms with Crippen LogP contribution in [-0.4, -0.2) is 65.0 Å². The van der Waals surface area contributed by atoms with Crippen molar-refractivity contribution in [2.24, 2.45) is 0 Å². The first-order chi connectivity index (χ1) is 18.1. The first-order valence-electron chi connectivity index (χ1n) is 12.1. The van der Waals surface area contributed by atoms with Crippen LogP contribution in [0.3, 0.4) is 0 Å². The number of pyridine rings is 1. The molecule has 2 aliphatic rings. The molecule has 1 aromatic carbocycles. The second-order valence-electron chi connectivity index (χ2n) is 9.43. The van der Waals surface area contributed by atoms with Crippen LogP contribution < -0.4 is 21.1 Å². The Kier molecular flexibility index (Phi) is 6.78. The van der Waals surface area contributed by atoms with Gasteiger partial charge in [0.15, 0.2) is 0 Å². The molecule has 1 saturated carbocycles. The second-order valence-corrected chi connectivity index (χ2v) is 9.43. The number of H-pyrrole nitrogens is 1. The van der Waals surface area contributed by atoms with E-state index in [9.17, 15) is 22.8 Å². The summed E-state index contributed by atoms with van der Waals surface area (Å²) in [6.07, 6.45) is 0.744. The van der Waals surface area contributed by atoms with Crippen LogP contribution in [0.5, 0.6) is 0 Å².